The Morgan fingerprint density at radius 2 is 0.536 bits per heavy atom. The van der Waals surface area contributed by atoms with Crippen molar-refractivity contribution in [3.8, 4) is 0 Å². The lowest BCUT2D eigenvalue weighted by atomic mass is 10.3. The lowest BCUT2D eigenvalue weighted by molar-refractivity contribution is -0.121. The molecule has 39 nitrogen and oxygen atoms in total. The summed E-state index contributed by atoms with van der Waals surface area (Å²) in [4.78, 5) is 183. The molecule has 0 spiro atoms. The third-order valence-electron chi connectivity index (χ3n) is 17.4. The standard InChI is InChI=1S/C73H94N26O13/c1-89(2)25-15-18-60(101)78-43-28-56(95(9)34-43)71(110)88-58-42-99(13)64(87-58)73(112)83-48-31-50(93(7)39-48)65(104)75-21-14-17-61(102)85-57-41-98(12)63(86-57)72(111)84-49-33-55(97(11)40-49)70(109)81-46-30-52(92(6)37-46)67(106)77-24-20-62(103)79-44-27-53(94(8)35-44)68(107)82-47-32-54(96(10)38-47)69(108)80-45-29-51(91(5)36-45)66(105)76-23-19-59(100)74-22-16-26-90(3)4/h27-42H,14-26H2,1-13H3,(H,74,100)(H,75,104)(H,76,105)(H,77,106)(H,78,101)(H,79,103)(H,80,108)(H,81,109)(H,82,107)(H,83,112)(H,84,111)(H,85,102)(H,88,110). The first-order chi connectivity index (χ1) is 53.1. The van der Waals surface area contributed by atoms with Crippen molar-refractivity contribution in [2.24, 2.45) is 63.4 Å². The average Bonchev–Trinajstić information content (AvgIpc) is 1.66. The van der Waals surface area contributed by atoms with Crippen LogP contribution >= 0.6 is 0 Å². The fraction of sp³-hybridized carbons (Fsp3) is 0.356. The Balaban J connectivity index is 0.659. The number of aryl methyl sites for hydroxylation is 9. The summed E-state index contributed by atoms with van der Waals surface area (Å²) in [6.07, 6.45) is 15.7. The minimum absolute atomic E-state index is 0.0265. The normalized spacial score (nSPS) is 11.1. The summed E-state index contributed by atoms with van der Waals surface area (Å²) >= 11 is 0. The molecule has 13 N–H and O–H groups in total. The van der Waals surface area contributed by atoms with E-state index in [1.165, 1.54) is 106 Å². The van der Waals surface area contributed by atoms with Crippen molar-refractivity contribution in [1.29, 1.82) is 0 Å². The number of amides is 13. The van der Waals surface area contributed by atoms with Crippen LogP contribution in [0.5, 0.6) is 0 Å². The Morgan fingerprint density at radius 3 is 0.902 bits per heavy atom. The molecule has 0 aliphatic heterocycles. The first-order valence-electron chi connectivity index (χ1n) is 35.5. The van der Waals surface area contributed by atoms with Crippen molar-refractivity contribution in [2.45, 2.75) is 44.9 Å². The lowest BCUT2D eigenvalue weighted by Gasteiger charge is -2.10. The van der Waals surface area contributed by atoms with Crippen molar-refractivity contribution in [3.05, 3.63) is 150 Å². The van der Waals surface area contributed by atoms with E-state index in [0.29, 0.717) is 42.1 Å². The van der Waals surface area contributed by atoms with Crippen LogP contribution in [0.2, 0.25) is 0 Å². The highest BCUT2D eigenvalue weighted by molar-refractivity contribution is 6.10. The van der Waals surface area contributed by atoms with E-state index in [2.05, 4.69) is 79.1 Å². The second kappa shape index (κ2) is 37.0. The highest BCUT2D eigenvalue weighted by Gasteiger charge is 2.25. The van der Waals surface area contributed by atoms with Crippen LogP contribution < -0.4 is 69.1 Å². The zero-order chi connectivity index (χ0) is 81.4. The Morgan fingerprint density at radius 1 is 0.268 bits per heavy atom. The van der Waals surface area contributed by atoms with Crippen LogP contribution in [-0.4, -0.2) is 205 Å². The van der Waals surface area contributed by atoms with E-state index < -0.39 is 65.0 Å². The van der Waals surface area contributed by atoms with E-state index in [4.69, 9.17) is 0 Å². The molecule has 9 heterocycles. The number of aromatic nitrogens is 11. The number of nitrogens with zero attached hydrogens (tertiary/aromatic N) is 13. The monoisotopic (exact) mass is 1540 g/mol. The molecular weight excluding hydrogens is 1450 g/mol. The maximum atomic E-state index is 13.6. The topological polar surface area (TPSA) is 455 Å². The van der Waals surface area contributed by atoms with Gasteiger partial charge in [-0.05, 0) is 103 Å². The minimum atomic E-state index is -0.654. The molecule has 13 amide bonds. The van der Waals surface area contributed by atoms with Crippen LogP contribution in [0.3, 0.4) is 0 Å². The van der Waals surface area contributed by atoms with Gasteiger partial charge in [0.2, 0.25) is 35.3 Å². The number of hydrogen-bond donors (Lipinski definition) is 13. The van der Waals surface area contributed by atoms with Crippen LogP contribution in [0.4, 0.5) is 51.4 Å². The third kappa shape index (κ3) is 22.3. The van der Waals surface area contributed by atoms with E-state index in [1.807, 2.05) is 38.0 Å². The largest absolute Gasteiger partial charge is 0.356 e. The van der Waals surface area contributed by atoms with Crippen molar-refractivity contribution < 1.29 is 62.3 Å². The summed E-state index contributed by atoms with van der Waals surface area (Å²) < 4.78 is 13.5. The average molecular weight is 1540 g/mol. The van der Waals surface area contributed by atoms with Gasteiger partial charge in [0, 0.05) is 171 Å². The fourth-order valence-corrected chi connectivity index (χ4v) is 11.8. The molecule has 39 heteroatoms. The molecule has 0 radical (unpaired) electrons. The number of imidazole rings is 2. The van der Waals surface area contributed by atoms with Gasteiger partial charge in [-0.3, -0.25) is 62.3 Å². The zero-order valence-corrected chi connectivity index (χ0v) is 64.6. The second-order valence-electron chi connectivity index (χ2n) is 27.3. The van der Waals surface area contributed by atoms with Crippen molar-refractivity contribution in [3.63, 3.8) is 0 Å². The minimum Gasteiger partial charge on any atom is -0.356 e. The Labute approximate surface area is 643 Å². The highest BCUT2D eigenvalue weighted by Crippen LogP contribution is 2.24. The molecular formula is C73H94N26O13. The SMILES string of the molecule is CN(C)CCCNC(=O)CCNC(=O)c1cc(NC(=O)c2cc(NC(=O)c3cc(NC(=O)CCNC(=O)c4cc(NC(=O)c5cc(NC(=O)c6nc(NC(=O)CCCNC(=O)c7cc(NC(=O)c8nc(NC(=O)c9cc(NC(=O)CCCN(C)C)cn9C)cn8C)cn7C)cn6C)cn5C)cn4C)cn3C)cn2C)cn1C. The molecule has 0 saturated heterocycles. The van der Waals surface area contributed by atoms with Gasteiger partial charge in [0.25, 0.3) is 53.2 Å². The summed E-state index contributed by atoms with van der Waals surface area (Å²) in [6.45, 7) is 2.29. The molecule has 0 fully saturated rings. The van der Waals surface area contributed by atoms with Crippen LogP contribution in [0.1, 0.15) is 140 Å². The van der Waals surface area contributed by atoms with Crippen molar-refractivity contribution in [1.82, 2.24) is 82.1 Å². The molecule has 0 aromatic carbocycles. The number of rotatable bonds is 36. The summed E-state index contributed by atoms with van der Waals surface area (Å²) in [7, 11) is 22.3. The second-order valence-corrected chi connectivity index (χ2v) is 27.3. The molecule has 0 saturated carbocycles. The molecule has 112 heavy (non-hydrogen) atoms. The number of carbonyl (C=O) groups is 13. The van der Waals surface area contributed by atoms with E-state index in [-0.39, 0.29) is 137 Å². The van der Waals surface area contributed by atoms with Gasteiger partial charge in [0.05, 0.1) is 39.8 Å². The third-order valence-corrected chi connectivity index (χ3v) is 17.4. The molecule has 0 atom stereocenters. The Kier molecular flexibility index (Phi) is 27.3. The maximum Gasteiger partial charge on any atom is 0.291 e. The van der Waals surface area contributed by atoms with E-state index in [1.54, 1.807) is 97.2 Å². The van der Waals surface area contributed by atoms with Gasteiger partial charge in [-0.15, -0.1) is 0 Å². The van der Waals surface area contributed by atoms with Gasteiger partial charge in [-0.25, -0.2) is 9.97 Å². The summed E-state index contributed by atoms with van der Waals surface area (Å²) in [5, 5.41) is 35.6. The van der Waals surface area contributed by atoms with Crippen LogP contribution in [0, 0.1) is 0 Å². The smallest absolute Gasteiger partial charge is 0.291 e. The van der Waals surface area contributed by atoms with E-state index >= 15 is 0 Å². The molecule has 9 rings (SSSR count). The van der Waals surface area contributed by atoms with Crippen LogP contribution in [0.15, 0.2) is 98.2 Å². The van der Waals surface area contributed by atoms with Gasteiger partial charge in [0.1, 0.15) is 39.9 Å². The van der Waals surface area contributed by atoms with Gasteiger partial charge in [0.15, 0.2) is 11.6 Å². The van der Waals surface area contributed by atoms with E-state index in [0.717, 1.165) is 19.5 Å². The quantitative estimate of drug-likeness (QED) is 0.0250. The summed E-state index contributed by atoms with van der Waals surface area (Å²) in [5.74, 6) is -6.03. The first kappa shape index (κ1) is 82.5. The number of nitrogens with one attached hydrogen (secondary N) is 13. The molecule has 9 aromatic heterocycles. The maximum absolute atomic E-state index is 13.6. The summed E-state index contributed by atoms with van der Waals surface area (Å²) in [6, 6.07) is 10.4. The zero-order valence-electron chi connectivity index (χ0n) is 64.6. The van der Waals surface area contributed by atoms with Gasteiger partial charge in [-0.2, -0.15) is 0 Å². The number of hydrogen-bond acceptors (Lipinski definition) is 17. The molecule has 594 valence electrons. The molecule has 0 aliphatic rings. The van der Waals surface area contributed by atoms with Crippen molar-refractivity contribution in [2.75, 3.05) is 115 Å². The van der Waals surface area contributed by atoms with Crippen LogP contribution in [-0.2, 0) is 82.6 Å². The predicted octanol–water partition coefficient (Wildman–Crippen LogP) is 3.41. The number of carbonyl (C=O) groups excluding carboxylic acids is 13. The first-order valence-corrected chi connectivity index (χ1v) is 35.5. The van der Waals surface area contributed by atoms with E-state index in [9.17, 15) is 62.3 Å². The summed E-state index contributed by atoms with van der Waals surface area (Å²) in [5.41, 5.74) is 3.60. The highest BCUT2D eigenvalue weighted by atomic mass is 16.2. The molecule has 0 bridgehead atoms. The Bertz CT molecular complexity index is 5060. The Hall–Kier alpha value is -13.6. The fourth-order valence-electron chi connectivity index (χ4n) is 11.8. The van der Waals surface area contributed by atoms with Gasteiger partial charge >= 0.3 is 0 Å². The van der Waals surface area contributed by atoms with Crippen LogP contribution in [0.25, 0.3) is 0 Å². The van der Waals surface area contributed by atoms with Gasteiger partial charge in [-0.1, -0.05) is 0 Å². The molecule has 0 unspecified atom stereocenters. The molecule has 0 aliphatic carbocycles. The lowest BCUT2D eigenvalue weighted by Crippen LogP contribution is -2.32. The predicted molar refractivity (Wildman–Crippen MR) is 417 cm³/mol. The van der Waals surface area contributed by atoms with Crippen molar-refractivity contribution >= 4 is 128 Å². The number of anilines is 9. The van der Waals surface area contributed by atoms with Gasteiger partial charge < -0.3 is 120 Å². The molecule has 9 aromatic rings.